The van der Waals surface area contributed by atoms with Crippen LogP contribution in [0.4, 0.5) is 0 Å². The molecule has 3 rings (SSSR count). The van der Waals surface area contributed by atoms with Gasteiger partial charge in [0.25, 0.3) is 0 Å². The lowest BCUT2D eigenvalue weighted by atomic mass is 10.1. The molecular weight excluding hydrogens is 398 g/mol. The molecule has 3 aromatic rings. The molecule has 0 saturated heterocycles. The summed E-state index contributed by atoms with van der Waals surface area (Å²) in [6, 6.07) is 22.9. The van der Waals surface area contributed by atoms with Crippen LogP contribution in [0.5, 0.6) is 11.5 Å². The first-order valence-corrected chi connectivity index (χ1v) is 9.96. The standard InChI is InChI=1S/C25H24ClNO3/c1-27(2)14-13-23(28)21-15-22(26)25(30-18-20-11-7-4-8-12-20)16-24(21)29-17-19-9-5-3-6-10-19/h3-16H,17-18H2,1-2H3. The van der Waals surface area contributed by atoms with E-state index in [1.54, 1.807) is 23.2 Å². The average molecular weight is 422 g/mol. The Hall–Kier alpha value is -3.24. The fraction of sp³-hybridized carbons (Fsp3) is 0.160. The van der Waals surface area contributed by atoms with E-state index in [1.165, 1.54) is 6.08 Å². The number of hydrogen-bond acceptors (Lipinski definition) is 4. The summed E-state index contributed by atoms with van der Waals surface area (Å²) in [6.45, 7) is 0.699. The van der Waals surface area contributed by atoms with Crippen LogP contribution in [0.25, 0.3) is 0 Å². The van der Waals surface area contributed by atoms with E-state index in [2.05, 4.69) is 0 Å². The van der Waals surface area contributed by atoms with E-state index in [0.717, 1.165) is 11.1 Å². The number of hydrogen-bond donors (Lipinski definition) is 0. The van der Waals surface area contributed by atoms with Crippen molar-refractivity contribution in [3.05, 3.63) is 107 Å². The lowest BCUT2D eigenvalue weighted by molar-refractivity contribution is 0.104. The van der Waals surface area contributed by atoms with Gasteiger partial charge >= 0.3 is 0 Å². The number of ketones is 1. The van der Waals surface area contributed by atoms with Crippen molar-refractivity contribution >= 4 is 17.4 Å². The maximum absolute atomic E-state index is 12.7. The Morgan fingerprint density at radius 1 is 0.867 bits per heavy atom. The first kappa shape index (κ1) is 21.5. The van der Waals surface area contributed by atoms with Crippen LogP contribution in [-0.4, -0.2) is 24.8 Å². The van der Waals surface area contributed by atoms with Crippen LogP contribution < -0.4 is 9.47 Å². The summed E-state index contributed by atoms with van der Waals surface area (Å²) in [5.74, 6) is 0.708. The Bertz CT molecular complexity index is 1000. The zero-order valence-corrected chi connectivity index (χ0v) is 17.8. The van der Waals surface area contributed by atoms with Crippen molar-refractivity contribution in [3.8, 4) is 11.5 Å². The normalized spacial score (nSPS) is 10.8. The Kier molecular flexibility index (Phi) is 7.52. The Morgan fingerprint density at radius 2 is 1.40 bits per heavy atom. The summed E-state index contributed by atoms with van der Waals surface area (Å²) in [5.41, 5.74) is 2.41. The highest BCUT2D eigenvalue weighted by Gasteiger charge is 2.16. The monoisotopic (exact) mass is 421 g/mol. The number of rotatable bonds is 9. The van der Waals surface area contributed by atoms with Crippen molar-refractivity contribution in [2.45, 2.75) is 13.2 Å². The molecule has 0 spiro atoms. The molecule has 154 valence electrons. The average Bonchev–Trinajstić information content (AvgIpc) is 2.77. The van der Waals surface area contributed by atoms with Gasteiger partial charge in [-0.3, -0.25) is 4.79 Å². The number of ether oxygens (including phenoxy) is 2. The SMILES string of the molecule is CN(C)C=CC(=O)c1cc(Cl)c(OCc2ccccc2)cc1OCc1ccccc1. The molecule has 3 aromatic carbocycles. The molecule has 0 aliphatic rings. The molecule has 5 heteroatoms. The summed E-state index contributed by atoms with van der Waals surface area (Å²) >= 11 is 6.42. The van der Waals surface area contributed by atoms with Crippen LogP contribution in [0, 0.1) is 0 Å². The maximum atomic E-state index is 12.7. The summed E-state index contributed by atoms with van der Waals surface area (Å²) in [6.07, 6.45) is 3.18. The molecule has 4 nitrogen and oxygen atoms in total. The quantitative estimate of drug-likeness (QED) is 0.325. The molecule has 0 amide bonds. The van der Waals surface area contributed by atoms with E-state index in [0.29, 0.717) is 35.3 Å². The van der Waals surface area contributed by atoms with Gasteiger partial charge < -0.3 is 14.4 Å². The molecule has 0 aliphatic carbocycles. The minimum Gasteiger partial charge on any atom is -0.488 e. The molecule has 0 unspecified atom stereocenters. The fourth-order valence-corrected chi connectivity index (χ4v) is 2.95. The van der Waals surface area contributed by atoms with E-state index in [4.69, 9.17) is 21.1 Å². The van der Waals surface area contributed by atoms with Gasteiger partial charge in [-0.2, -0.15) is 0 Å². The fourth-order valence-electron chi connectivity index (χ4n) is 2.73. The number of halogens is 1. The molecule has 0 fully saturated rings. The van der Waals surface area contributed by atoms with E-state index in [-0.39, 0.29) is 5.78 Å². The highest BCUT2D eigenvalue weighted by atomic mass is 35.5. The van der Waals surface area contributed by atoms with Gasteiger partial charge in [-0.25, -0.2) is 0 Å². The van der Waals surface area contributed by atoms with Crippen molar-refractivity contribution in [3.63, 3.8) is 0 Å². The molecule has 0 heterocycles. The minimum atomic E-state index is -0.191. The number of carbonyl (C=O) groups excluding carboxylic acids is 1. The molecule has 0 saturated carbocycles. The molecular formula is C25H24ClNO3. The van der Waals surface area contributed by atoms with E-state index in [1.807, 2.05) is 74.8 Å². The van der Waals surface area contributed by atoms with Gasteiger partial charge in [0.05, 0.1) is 10.6 Å². The van der Waals surface area contributed by atoms with Crippen LogP contribution in [-0.2, 0) is 13.2 Å². The van der Waals surface area contributed by atoms with Gasteiger partial charge in [0.2, 0.25) is 0 Å². The van der Waals surface area contributed by atoms with Gasteiger partial charge in [0.15, 0.2) is 5.78 Å². The highest BCUT2D eigenvalue weighted by molar-refractivity contribution is 6.32. The predicted molar refractivity (Wildman–Crippen MR) is 120 cm³/mol. The first-order chi connectivity index (χ1) is 14.5. The third-order valence-electron chi connectivity index (χ3n) is 4.30. The molecule has 0 N–H and O–H groups in total. The number of benzene rings is 3. The first-order valence-electron chi connectivity index (χ1n) is 9.59. The Morgan fingerprint density at radius 3 is 1.93 bits per heavy atom. The molecule has 30 heavy (non-hydrogen) atoms. The molecule has 0 aromatic heterocycles. The number of carbonyl (C=O) groups is 1. The summed E-state index contributed by atoms with van der Waals surface area (Å²) in [7, 11) is 3.70. The van der Waals surface area contributed by atoms with E-state index >= 15 is 0 Å². The summed E-state index contributed by atoms with van der Waals surface area (Å²) < 4.78 is 11.9. The second-order valence-corrected chi connectivity index (χ2v) is 7.38. The topological polar surface area (TPSA) is 38.8 Å². The Labute approximate surface area is 182 Å². The lowest BCUT2D eigenvalue weighted by Gasteiger charge is -2.15. The van der Waals surface area contributed by atoms with Gasteiger partial charge in [-0.05, 0) is 17.2 Å². The van der Waals surface area contributed by atoms with Crippen molar-refractivity contribution in [1.29, 1.82) is 0 Å². The van der Waals surface area contributed by atoms with Crippen molar-refractivity contribution in [2.75, 3.05) is 14.1 Å². The zero-order chi connectivity index (χ0) is 21.3. The smallest absolute Gasteiger partial charge is 0.191 e. The van der Waals surface area contributed by atoms with Crippen LogP contribution >= 0.6 is 11.6 Å². The molecule has 0 radical (unpaired) electrons. The van der Waals surface area contributed by atoms with Crippen molar-refractivity contribution in [1.82, 2.24) is 4.90 Å². The number of allylic oxidation sites excluding steroid dienone is 1. The van der Waals surface area contributed by atoms with Gasteiger partial charge in [-0.1, -0.05) is 72.3 Å². The molecule has 0 aliphatic heterocycles. The van der Waals surface area contributed by atoms with Crippen LogP contribution in [0.15, 0.2) is 85.1 Å². The second kappa shape index (κ2) is 10.5. The summed E-state index contributed by atoms with van der Waals surface area (Å²) in [5, 5.41) is 0.361. The summed E-state index contributed by atoms with van der Waals surface area (Å²) in [4.78, 5) is 14.5. The van der Waals surface area contributed by atoms with Gasteiger partial charge in [0.1, 0.15) is 24.7 Å². The van der Waals surface area contributed by atoms with E-state index < -0.39 is 0 Å². The van der Waals surface area contributed by atoms with Crippen LogP contribution in [0.2, 0.25) is 5.02 Å². The second-order valence-electron chi connectivity index (χ2n) is 6.97. The third-order valence-corrected chi connectivity index (χ3v) is 4.59. The van der Waals surface area contributed by atoms with Crippen LogP contribution in [0.1, 0.15) is 21.5 Å². The third kappa shape index (κ3) is 6.13. The zero-order valence-electron chi connectivity index (χ0n) is 17.0. The number of nitrogens with zero attached hydrogens (tertiary/aromatic N) is 1. The predicted octanol–water partition coefficient (Wildman–Crippen LogP) is 5.76. The van der Waals surface area contributed by atoms with E-state index in [9.17, 15) is 4.79 Å². The lowest BCUT2D eigenvalue weighted by Crippen LogP contribution is -2.06. The van der Waals surface area contributed by atoms with Crippen molar-refractivity contribution < 1.29 is 14.3 Å². The maximum Gasteiger partial charge on any atom is 0.191 e. The Balaban J connectivity index is 1.86. The largest absolute Gasteiger partial charge is 0.488 e. The minimum absolute atomic E-state index is 0.191. The van der Waals surface area contributed by atoms with Gasteiger partial charge in [0, 0.05) is 32.4 Å². The van der Waals surface area contributed by atoms with Crippen LogP contribution in [0.3, 0.4) is 0 Å². The van der Waals surface area contributed by atoms with Crippen molar-refractivity contribution in [2.24, 2.45) is 0 Å². The highest BCUT2D eigenvalue weighted by Crippen LogP contribution is 2.34. The molecule has 0 atom stereocenters. The van der Waals surface area contributed by atoms with Gasteiger partial charge in [-0.15, -0.1) is 0 Å². The molecule has 0 bridgehead atoms.